The summed E-state index contributed by atoms with van der Waals surface area (Å²) in [5.41, 5.74) is 6.07. The van der Waals surface area contributed by atoms with E-state index in [9.17, 15) is 9.50 Å². The molecule has 160 valence electrons. The van der Waals surface area contributed by atoms with Gasteiger partial charge in [-0.15, -0.1) is 0 Å². The van der Waals surface area contributed by atoms with Crippen LogP contribution in [0.15, 0.2) is 72.6 Å². The molecule has 0 radical (unpaired) electrons. The molecule has 1 fully saturated rings. The molecule has 3 atom stereocenters. The second-order valence-corrected chi connectivity index (χ2v) is 9.22. The minimum Gasteiger partial charge on any atom is -0.388 e. The summed E-state index contributed by atoms with van der Waals surface area (Å²) in [5, 5.41) is 17.2. The molecule has 2 aromatic heterocycles. The Kier molecular flexibility index (Phi) is 4.30. The Morgan fingerprint density at radius 3 is 2.78 bits per heavy atom. The highest BCUT2D eigenvalue weighted by Crippen LogP contribution is 2.57. The van der Waals surface area contributed by atoms with Crippen molar-refractivity contribution < 1.29 is 9.50 Å². The first-order valence-electron chi connectivity index (χ1n) is 11.1. The van der Waals surface area contributed by atoms with Crippen molar-refractivity contribution in [3.05, 3.63) is 95.2 Å². The molecule has 0 saturated heterocycles. The fourth-order valence-electron chi connectivity index (χ4n) is 5.75. The topological polar surface area (TPSA) is 50.9 Å². The summed E-state index contributed by atoms with van der Waals surface area (Å²) in [6, 6.07) is 16.4. The number of nitrogens with zero attached hydrogens (tertiary/aromatic N) is 3. The van der Waals surface area contributed by atoms with E-state index >= 15 is 0 Å². The number of aliphatic hydroxyl groups is 1. The smallest absolute Gasteiger partial charge is 0.123 e. The summed E-state index contributed by atoms with van der Waals surface area (Å²) in [6.07, 6.45) is 8.07. The van der Waals surface area contributed by atoms with Gasteiger partial charge >= 0.3 is 0 Å². The van der Waals surface area contributed by atoms with Gasteiger partial charge in [0.15, 0.2) is 0 Å². The molecule has 2 aliphatic rings. The molecule has 0 amide bonds. The number of pyridine rings is 1. The van der Waals surface area contributed by atoms with Crippen LogP contribution in [0.25, 0.3) is 22.7 Å². The van der Waals surface area contributed by atoms with Crippen molar-refractivity contribution in [1.29, 1.82) is 0 Å². The van der Waals surface area contributed by atoms with E-state index in [2.05, 4.69) is 23.1 Å². The molecular formula is C27H24FN3O. The number of aliphatic hydroxyl groups excluding tert-OH is 1. The lowest BCUT2D eigenvalue weighted by atomic mass is 9.67. The lowest BCUT2D eigenvalue weighted by Gasteiger charge is -2.38. The van der Waals surface area contributed by atoms with Crippen LogP contribution in [0.5, 0.6) is 0 Å². The Morgan fingerprint density at radius 1 is 1.12 bits per heavy atom. The van der Waals surface area contributed by atoms with Crippen LogP contribution in [0.3, 0.4) is 0 Å². The zero-order valence-corrected chi connectivity index (χ0v) is 17.9. The number of benzene rings is 2. The van der Waals surface area contributed by atoms with E-state index in [1.165, 1.54) is 17.7 Å². The first-order valence-corrected chi connectivity index (χ1v) is 11.1. The summed E-state index contributed by atoms with van der Waals surface area (Å²) in [4.78, 5) is 4.56. The third kappa shape index (κ3) is 2.84. The maximum Gasteiger partial charge on any atom is 0.123 e. The molecule has 0 aliphatic heterocycles. The van der Waals surface area contributed by atoms with E-state index in [4.69, 9.17) is 0 Å². The predicted octanol–water partition coefficient (Wildman–Crippen LogP) is 5.65. The largest absolute Gasteiger partial charge is 0.388 e. The van der Waals surface area contributed by atoms with Crippen LogP contribution in [0.2, 0.25) is 0 Å². The number of halogens is 1. The summed E-state index contributed by atoms with van der Waals surface area (Å²) in [7, 11) is 0. The Bertz CT molecular complexity index is 1350. The third-order valence-electron chi connectivity index (χ3n) is 7.47. The van der Waals surface area contributed by atoms with E-state index in [-0.39, 0.29) is 17.2 Å². The van der Waals surface area contributed by atoms with E-state index in [1.807, 2.05) is 41.2 Å². The minimum absolute atomic E-state index is 0.101. The molecule has 2 heterocycles. The number of para-hydroxylation sites is 1. The zero-order valence-electron chi connectivity index (χ0n) is 17.9. The Labute approximate surface area is 186 Å². The van der Waals surface area contributed by atoms with E-state index in [1.54, 1.807) is 18.3 Å². The fraction of sp³-hybridized carbons (Fsp3) is 0.259. The maximum absolute atomic E-state index is 13.4. The zero-order chi connectivity index (χ0) is 21.9. The first kappa shape index (κ1) is 19.4. The van der Waals surface area contributed by atoms with Crippen LogP contribution in [-0.2, 0) is 6.42 Å². The molecule has 1 saturated carbocycles. The number of hydrogen-bond donors (Lipinski definition) is 1. The van der Waals surface area contributed by atoms with Crippen molar-refractivity contribution in [1.82, 2.24) is 14.8 Å². The standard InChI is InChI=1S/C27H24FN3O/c1-27-15-18-16-30-31(21-10-8-20(28)9-11-21)24(18)14-19(27)7-12-23(27)26(32)22-6-2-4-17-5-3-13-29-25(17)22/h2-6,8-11,13-14,16,23,26,32H,7,12,15H2,1H3/t23-,26+,27+/m1/s1. The van der Waals surface area contributed by atoms with Crippen LogP contribution in [0.1, 0.15) is 42.7 Å². The number of rotatable bonds is 3. The summed E-state index contributed by atoms with van der Waals surface area (Å²) in [5.74, 6) is -0.153. The van der Waals surface area contributed by atoms with Crippen molar-refractivity contribution in [2.75, 3.05) is 0 Å². The molecule has 6 rings (SSSR count). The molecule has 0 bridgehead atoms. The van der Waals surface area contributed by atoms with Crippen LogP contribution < -0.4 is 0 Å². The Balaban J connectivity index is 1.38. The second-order valence-electron chi connectivity index (χ2n) is 9.22. The van der Waals surface area contributed by atoms with Crippen LogP contribution >= 0.6 is 0 Å². The van der Waals surface area contributed by atoms with Gasteiger partial charge in [-0.3, -0.25) is 4.98 Å². The molecule has 1 N–H and O–H groups in total. The Hall–Kier alpha value is -3.31. The molecule has 0 spiro atoms. The lowest BCUT2D eigenvalue weighted by molar-refractivity contribution is 0.0565. The quantitative estimate of drug-likeness (QED) is 0.462. The van der Waals surface area contributed by atoms with Gasteiger partial charge in [0, 0.05) is 17.1 Å². The molecule has 2 aromatic carbocycles. The highest BCUT2D eigenvalue weighted by molar-refractivity contribution is 5.82. The van der Waals surface area contributed by atoms with E-state index in [0.717, 1.165) is 52.7 Å². The van der Waals surface area contributed by atoms with Crippen LogP contribution in [0.4, 0.5) is 4.39 Å². The summed E-state index contributed by atoms with van der Waals surface area (Å²) in [6.45, 7) is 2.27. The van der Waals surface area contributed by atoms with Gasteiger partial charge in [0.05, 0.1) is 29.2 Å². The minimum atomic E-state index is -0.585. The maximum atomic E-state index is 13.4. The summed E-state index contributed by atoms with van der Waals surface area (Å²) < 4.78 is 15.3. The van der Waals surface area contributed by atoms with Gasteiger partial charge in [0.25, 0.3) is 0 Å². The fourth-order valence-corrected chi connectivity index (χ4v) is 5.75. The summed E-state index contributed by atoms with van der Waals surface area (Å²) >= 11 is 0. The highest BCUT2D eigenvalue weighted by Gasteiger charge is 2.48. The number of allylic oxidation sites excluding steroid dienone is 1. The van der Waals surface area contributed by atoms with E-state index in [0.29, 0.717) is 0 Å². The molecular weight excluding hydrogens is 401 g/mol. The first-order chi connectivity index (χ1) is 15.5. The van der Waals surface area contributed by atoms with Gasteiger partial charge in [-0.25, -0.2) is 9.07 Å². The van der Waals surface area contributed by atoms with E-state index < -0.39 is 6.10 Å². The highest BCUT2D eigenvalue weighted by atomic mass is 19.1. The molecule has 5 heteroatoms. The number of fused-ring (bicyclic) bond motifs is 3. The van der Waals surface area contributed by atoms with Gasteiger partial charge < -0.3 is 5.11 Å². The normalized spacial score (nSPS) is 23.0. The monoisotopic (exact) mass is 425 g/mol. The molecule has 4 aromatic rings. The van der Waals surface area contributed by atoms with Gasteiger partial charge in [-0.2, -0.15) is 5.10 Å². The average Bonchev–Trinajstić information content (AvgIpc) is 3.36. The van der Waals surface area contributed by atoms with Crippen molar-refractivity contribution in [2.24, 2.45) is 11.3 Å². The Morgan fingerprint density at radius 2 is 1.94 bits per heavy atom. The van der Waals surface area contributed by atoms with Crippen molar-refractivity contribution in [3.8, 4) is 5.69 Å². The van der Waals surface area contributed by atoms with Gasteiger partial charge in [0.2, 0.25) is 0 Å². The van der Waals surface area contributed by atoms with Crippen molar-refractivity contribution in [2.45, 2.75) is 32.3 Å². The predicted molar refractivity (Wildman–Crippen MR) is 123 cm³/mol. The van der Waals surface area contributed by atoms with Crippen molar-refractivity contribution >= 4 is 17.0 Å². The van der Waals surface area contributed by atoms with Gasteiger partial charge in [-0.05, 0) is 72.6 Å². The average molecular weight is 426 g/mol. The second kappa shape index (κ2) is 7.10. The lowest BCUT2D eigenvalue weighted by Crippen LogP contribution is -2.32. The van der Waals surface area contributed by atoms with Gasteiger partial charge in [-0.1, -0.05) is 36.8 Å². The number of aromatic nitrogens is 3. The third-order valence-corrected chi connectivity index (χ3v) is 7.47. The SMILES string of the molecule is C[C@]12Cc3cnn(-c4ccc(F)cc4)c3C=C1CC[C@@H]2[C@@H](O)c1cccc2cccnc12. The van der Waals surface area contributed by atoms with Crippen LogP contribution in [0, 0.1) is 17.2 Å². The molecule has 0 unspecified atom stereocenters. The molecule has 32 heavy (non-hydrogen) atoms. The molecule has 2 aliphatic carbocycles. The van der Waals surface area contributed by atoms with Gasteiger partial charge in [0.1, 0.15) is 5.82 Å². The van der Waals surface area contributed by atoms with Crippen molar-refractivity contribution in [3.63, 3.8) is 0 Å². The number of hydrogen-bond acceptors (Lipinski definition) is 3. The molecule has 4 nitrogen and oxygen atoms in total. The van der Waals surface area contributed by atoms with Crippen LogP contribution in [-0.4, -0.2) is 19.9 Å².